The number of pyridine rings is 1. The average molecular weight is 428 g/mol. The zero-order valence-corrected chi connectivity index (χ0v) is 20.8. The lowest BCUT2D eigenvalue weighted by atomic mass is 9.94. The number of piperidine rings is 1. The molecule has 1 N–H and O–H groups in total. The van der Waals surface area contributed by atoms with E-state index in [1.54, 1.807) is 0 Å². The fourth-order valence-electron chi connectivity index (χ4n) is 3.74. The average Bonchev–Trinajstić information content (AvgIpc) is 3.15. The summed E-state index contributed by atoms with van der Waals surface area (Å²) in [6.45, 7) is 20.3. The van der Waals surface area contributed by atoms with Crippen LogP contribution >= 0.6 is 0 Å². The summed E-state index contributed by atoms with van der Waals surface area (Å²) in [5.41, 5.74) is 3.15. The van der Waals surface area contributed by atoms with Gasteiger partial charge in [-0.1, -0.05) is 59.8 Å². The molecule has 1 saturated heterocycles. The van der Waals surface area contributed by atoms with Crippen molar-refractivity contribution in [2.24, 2.45) is 5.92 Å². The largest absolute Gasteiger partial charge is 0.381 e. The van der Waals surface area contributed by atoms with E-state index in [1.165, 1.54) is 25.7 Å². The Morgan fingerprint density at radius 1 is 1.16 bits per heavy atom. The van der Waals surface area contributed by atoms with Gasteiger partial charge in [0.1, 0.15) is 11.5 Å². The first-order valence-corrected chi connectivity index (χ1v) is 12.3. The fraction of sp³-hybridized carbons (Fsp3) is 0.593. The molecule has 2 aromatic rings. The van der Waals surface area contributed by atoms with E-state index < -0.39 is 0 Å². The minimum Gasteiger partial charge on any atom is -0.381 e. The first-order valence-electron chi connectivity index (χ1n) is 12.3. The Bertz CT molecular complexity index is 770. The highest BCUT2D eigenvalue weighted by Gasteiger charge is 2.20. The third-order valence-corrected chi connectivity index (χ3v) is 5.21. The molecule has 2 aromatic heterocycles. The van der Waals surface area contributed by atoms with Crippen LogP contribution in [0.2, 0.25) is 0 Å². The Morgan fingerprint density at radius 3 is 2.42 bits per heavy atom. The van der Waals surface area contributed by atoms with Gasteiger partial charge in [0.05, 0.1) is 0 Å². The summed E-state index contributed by atoms with van der Waals surface area (Å²) in [4.78, 5) is 10.7. The SMILES string of the molecule is C=Cc1c(/C=C\C)[nH]c2nc(N3CCC(CCOCCC)CC3)ccc12.CC.CCC. The topological polar surface area (TPSA) is 41.2 Å². The molecule has 0 atom stereocenters. The van der Waals surface area contributed by atoms with Crippen LogP contribution in [-0.4, -0.2) is 36.3 Å². The van der Waals surface area contributed by atoms with Crippen molar-refractivity contribution in [3.8, 4) is 0 Å². The minimum absolute atomic E-state index is 0.783. The molecule has 3 heterocycles. The number of rotatable bonds is 8. The molecule has 0 unspecified atom stereocenters. The summed E-state index contributed by atoms with van der Waals surface area (Å²) in [6, 6.07) is 4.32. The van der Waals surface area contributed by atoms with Crippen LogP contribution in [0.15, 0.2) is 24.8 Å². The molecule has 4 nitrogen and oxygen atoms in total. The molecule has 0 bridgehead atoms. The van der Waals surface area contributed by atoms with Crippen molar-refractivity contribution in [2.45, 2.75) is 73.6 Å². The summed E-state index contributed by atoms with van der Waals surface area (Å²) in [5, 5.41) is 1.14. The maximum absolute atomic E-state index is 5.65. The number of hydrogen-bond donors (Lipinski definition) is 1. The molecule has 0 aliphatic carbocycles. The molecular formula is C27H45N3O. The van der Waals surface area contributed by atoms with Gasteiger partial charge in [-0.3, -0.25) is 0 Å². The molecule has 0 spiro atoms. The molecule has 0 saturated carbocycles. The smallest absolute Gasteiger partial charge is 0.140 e. The van der Waals surface area contributed by atoms with Gasteiger partial charge in [0.25, 0.3) is 0 Å². The maximum atomic E-state index is 5.65. The van der Waals surface area contributed by atoms with Crippen LogP contribution in [0.25, 0.3) is 23.2 Å². The van der Waals surface area contributed by atoms with Crippen LogP contribution in [0.4, 0.5) is 5.82 Å². The van der Waals surface area contributed by atoms with E-state index in [-0.39, 0.29) is 0 Å². The molecule has 0 amide bonds. The molecular weight excluding hydrogens is 382 g/mol. The van der Waals surface area contributed by atoms with E-state index in [4.69, 9.17) is 9.72 Å². The maximum Gasteiger partial charge on any atom is 0.140 e. The fourth-order valence-corrected chi connectivity index (χ4v) is 3.74. The number of nitrogens with zero attached hydrogens (tertiary/aromatic N) is 2. The third-order valence-electron chi connectivity index (χ3n) is 5.21. The van der Waals surface area contributed by atoms with Crippen molar-refractivity contribution in [1.29, 1.82) is 0 Å². The summed E-state index contributed by atoms with van der Waals surface area (Å²) < 4.78 is 5.65. The van der Waals surface area contributed by atoms with Crippen molar-refractivity contribution in [1.82, 2.24) is 9.97 Å². The highest BCUT2D eigenvalue weighted by Crippen LogP contribution is 2.28. The summed E-state index contributed by atoms with van der Waals surface area (Å²) >= 11 is 0. The summed E-state index contributed by atoms with van der Waals surface area (Å²) in [6.07, 6.45) is 12.0. The van der Waals surface area contributed by atoms with Crippen molar-refractivity contribution < 1.29 is 4.74 Å². The van der Waals surface area contributed by atoms with E-state index in [0.29, 0.717) is 0 Å². The Kier molecular flexibility index (Phi) is 13.6. The van der Waals surface area contributed by atoms with E-state index in [2.05, 4.69) is 55.4 Å². The highest BCUT2D eigenvalue weighted by atomic mass is 16.5. The van der Waals surface area contributed by atoms with E-state index in [0.717, 1.165) is 66.8 Å². The number of aromatic nitrogens is 2. The Morgan fingerprint density at radius 2 is 1.84 bits per heavy atom. The second-order valence-electron chi connectivity index (χ2n) is 7.76. The zero-order chi connectivity index (χ0) is 23.1. The molecule has 1 aliphatic heterocycles. The van der Waals surface area contributed by atoms with Crippen LogP contribution < -0.4 is 4.90 Å². The standard InChI is InChI=1S/C22H31N3O.C3H8.C2H6/c1-4-7-20-18(6-3)19-8-9-21(24-22(19)23-20)25-13-10-17(11-14-25)12-16-26-15-5-2;1-3-2;1-2/h4,6-9,17H,3,5,10-16H2,1-2H3,(H,23,24);3H2,1-2H3;1-2H3/b7-4-;;. The van der Waals surface area contributed by atoms with Gasteiger partial charge in [0, 0.05) is 42.9 Å². The lowest BCUT2D eigenvalue weighted by molar-refractivity contribution is 0.116. The van der Waals surface area contributed by atoms with Crippen molar-refractivity contribution >= 4 is 29.0 Å². The monoisotopic (exact) mass is 427 g/mol. The van der Waals surface area contributed by atoms with Crippen molar-refractivity contribution in [3.05, 3.63) is 36.0 Å². The summed E-state index contributed by atoms with van der Waals surface area (Å²) in [7, 11) is 0. The predicted octanol–water partition coefficient (Wildman–Crippen LogP) is 7.71. The third kappa shape index (κ3) is 8.17. The molecule has 31 heavy (non-hydrogen) atoms. The van der Waals surface area contributed by atoms with Crippen LogP contribution in [0, 0.1) is 5.92 Å². The molecule has 0 radical (unpaired) electrons. The highest BCUT2D eigenvalue weighted by molar-refractivity contribution is 5.91. The van der Waals surface area contributed by atoms with E-state index in [9.17, 15) is 0 Å². The quantitative estimate of drug-likeness (QED) is 0.438. The molecule has 174 valence electrons. The van der Waals surface area contributed by atoms with E-state index >= 15 is 0 Å². The number of hydrogen-bond acceptors (Lipinski definition) is 3. The molecule has 1 aliphatic rings. The van der Waals surface area contributed by atoms with Crippen LogP contribution in [0.3, 0.4) is 0 Å². The first kappa shape index (κ1) is 27.0. The van der Waals surface area contributed by atoms with Crippen LogP contribution in [0.5, 0.6) is 0 Å². The number of ether oxygens (including phenoxy) is 1. The van der Waals surface area contributed by atoms with Gasteiger partial charge in [-0.05, 0) is 56.7 Å². The number of fused-ring (bicyclic) bond motifs is 1. The molecule has 0 aromatic carbocycles. The number of allylic oxidation sites excluding steroid dienone is 1. The molecule has 1 fully saturated rings. The number of aromatic amines is 1. The Labute approximate surface area is 190 Å². The van der Waals surface area contributed by atoms with Crippen LogP contribution in [-0.2, 0) is 4.74 Å². The second kappa shape index (κ2) is 15.7. The predicted molar refractivity (Wildman–Crippen MR) is 139 cm³/mol. The second-order valence-corrected chi connectivity index (χ2v) is 7.76. The van der Waals surface area contributed by atoms with Gasteiger partial charge in [-0.25, -0.2) is 4.98 Å². The van der Waals surface area contributed by atoms with Gasteiger partial charge in [0.2, 0.25) is 0 Å². The normalized spacial score (nSPS) is 14.2. The van der Waals surface area contributed by atoms with Gasteiger partial charge in [-0.2, -0.15) is 0 Å². The lowest BCUT2D eigenvalue weighted by Gasteiger charge is -2.32. The number of anilines is 1. The zero-order valence-electron chi connectivity index (χ0n) is 20.8. The molecule has 4 heteroatoms. The lowest BCUT2D eigenvalue weighted by Crippen LogP contribution is -2.34. The number of nitrogens with one attached hydrogen (secondary N) is 1. The van der Waals surface area contributed by atoms with Gasteiger partial charge < -0.3 is 14.6 Å². The Hall–Kier alpha value is -2.07. The van der Waals surface area contributed by atoms with Crippen molar-refractivity contribution in [2.75, 3.05) is 31.2 Å². The Balaban J connectivity index is 0.000000884. The van der Waals surface area contributed by atoms with Crippen molar-refractivity contribution in [3.63, 3.8) is 0 Å². The van der Waals surface area contributed by atoms with Crippen LogP contribution in [0.1, 0.15) is 84.9 Å². The van der Waals surface area contributed by atoms with E-state index in [1.807, 2.05) is 32.9 Å². The van der Waals surface area contributed by atoms with Gasteiger partial charge in [-0.15, -0.1) is 0 Å². The van der Waals surface area contributed by atoms with Gasteiger partial charge >= 0.3 is 0 Å². The van der Waals surface area contributed by atoms with Gasteiger partial charge in [0.15, 0.2) is 0 Å². The number of H-pyrrole nitrogens is 1. The molecule has 3 rings (SSSR count). The summed E-state index contributed by atoms with van der Waals surface area (Å²) in [5.74, 6) is 1.85. The minimum atomic E-state index is 0.783. The first-order chi connectivity index (χ1) is 15.2.